The molecular weight excluding hydrogens is 152 g/mol. The predicted molar refractivity (Wildman–Crippen MR) is 45.3 cm³/mol. The molecule has 1 N–H and O–H groups in total. The molecule has 0 saturated heterocycles. The van der Waals surface area contributed by atoms with Crippen molar-refractivity contribution in [1.82, 2.24) is 9.97 Å². The van der Waals surface area contributed by atoms with Crippen molar-refractivity contribution in [2.75, 3.05) is 0 Å². The van der Waals surface area contributed by atoms with E-state index in [4.69, 9.17) is 0 Å². The highest BCUT2D eigenvalue weighted by molar-refractivity contribution is 5.69. The van der Waals surface area contributed by atoms with Crippen LogP contribution in [-0.2, 0) is 11.8 Å². The number of aromatic nitrogens is 2. The highest BCUT2D eigenvalue weighted by atomic mass is 16.1. The van der Waals surface area contributed by atoms with Gasteiger partial charge in [0.2, 0.25) is 0 Å². The van der Waals surface area contributed by atoms with Crippen LogP contribution in [0.2, 0.25) is 0 Å². The Morgan fingerprint density at radius 1 is 1.58 bits per heavy atom. The van der Waals surface area contributed by atoms with Crippen molar-refractivity contribution >= 4 is 6.29 Å². The number of H-pyrrole nitrogens is 1. The lowest BCUT2D eigenvalue weighted by Gasteiger charge is -2.14. The van der Waals surface area contributed by atoms with Gasteiger partial charge in [-0.2, -0.15) is 0 Å². The minimum atomic E-state index is 0.146. The van der Waals surface area contributed by atoms with E-state index in [0.717, 1.165) is 30.5 Å². The van der Waals surface area contributed by atoms with E-state index in [0.29, 0.717) is 5.82 Å². The fraction of sp³-hybridized carbons (Fsp3) is 0.556. The van der Waals surface area contributed by atoms with Crippen LogP contribution in [0.1, 0.15) is 42.3 Å². The molecule has 1 heterocycles. The monoisotopic (exact) mass is 164 g/mol. The molecule has 3 nitrogen and oxygen atoms in total. The van der Waals surface area contributed by atoms with Crippen molar-refractivity contribution in [2.24, 2.45) is 0 Å². The van der Waals surface area contributed by atoms with E-state index >= 15 is 0 Å². The van der Waals surface area contributed by atoms with Gasteiger partial charge >= 0.3 is 0 Å². The molecule has 0 bridgehead atoms. The van der Waals surface area contributed by atoms with Crippen molar-refractivity contribution in [3.63, 3.8) is 0 Å². The minimum absolute atomic E-state index is 0.146. The molecule has 0 radical (unpaired) electrons. The molecule has 0 saturated carbocycles. The number of fused-ring (bicyclic) bond motifs is 1. The summed E-state index contributed by atoms with van der Waals surface area (Å²) in [6, 6.07) is 0. The molecule has 0 atom stereocenters. The number of imidazole rings is 1. The standard InChI is InChI=1S/C9H12N2O/c1-9(2)4-3-6-8(9)11-7(5-12)10-6/h5H,3-4H2,1-2H3,(H,10,11). The number of hydrogen-bond donors (Lipinski definition) is 1. The molecule has 3 heteroatoms. The summed E-state index contributed by atoms with van der Waals surface area (Å²) in [5.74, 6) is 0.466. The van der Waals surface area contributed by atoms with Crippen LogP contribution in [0, 0.1) is 0 Å². The number of aldehydes is 1. The number of aryl methyl sites for hydroxylation is 1. The zero-order valence-corrected chi connectivity index (χ0v) is 7.35. The number of aromatic amines is 1. The first-order valence-corrected chi connectivity index (χ1v) is 4.18. The molecule has 0 fully saturated rings. The molecule has 64 valence electrons. The molecular formula is C9H12N2O. The SMILES string of the molecule is CC1(C)CCc2[nH]c(C=O)nc21. The maximum absolute atomic E-state index is 10.4. The van der Waals surface area contributed by atoms with Crippen molar-refractivity contribution in [2.45, 2.75) is 32.1 Å². The average molecular weight is 164 g/mol. The lowest BCUT2D eigenvalue weighted by molar-refractivity contribution is 0.111. The summed E-state index contributed by atoms with van der Waals surface area (Å²) in [4.78, 5) is 17.7. The van der Waals surface area contributed by atoms with E-state index in [1.807, 2.05) is 0 Å². The summed E-state index contributed by atoms with van der Waals surface area (Å²) < 4.78 is 0. The van der Waals surface area contributed by atoms with Crippen molar-refractivity contribution < 1.29 is 4.79 Å². The first kappa shape index (κ1) is 7.53. The quantitative estimate of drug-likeness (QED) is 0.638. The van der Waals surface area contributed by atoms with Crippen LogP contribution < -0.4 is 0 Å². The topological polar surface area (TPSA) is 45.8 Å². The molecule has 12 heavy (non-hydrogen) atoms. The summed E-state index contributed by atoms with van der Waals surface area (Å²) >= 11 is 0. The van der Waals surface area contributed by atoms with E-state index in [1.165, 1.54) is 0 Å². The van der Waals surface area contributed by atoms with Gasteiger partial charge in [0.1, 0.15) is 0 Å². The molecule has 1 aromatic heterocycles. The largest absolute Gasteiger partial charge is 0.339 e. The zero-order chi connectivity index (χ0) is 8.77. The number of nitrogens with zero attached hydrogens (tertiary/aromatic N) is 1. The molecule has 0 aromatic carbocycles. The van der Waals surface area contributed by atoms with Crippen LogP contribution >= 0.6 is 0 Å². The van der Waals surface area contributed by atoms with E-state index in [1.54, 1.807) is 0 Å². The van der Waals surface area contributed by atoms with Crippen LogP contribution in [0.25, 0.3) is 0 Å². The molecule has 1 aromatic rings. The van der Waals surface area contributed by atoms with Crippen LogP contribution in [-0.4, -0.2) is 16.3 Å². The smallest absolute Gasteiger partial charge is 0.185 e. The van der Waals surface area contributed by atoms with E-state index in [-0.39, 0.29) is 5.41 Å². The number of carbonyl (C=O) groups is 1. The van der Waals surface area contributed by atoms with Gasteiger partial charge in [0, 0.05) is 11.1 Å². The van der Waals surface area contributed by atoms with Gasteiger partial charge in [-0.1, -0.05) is 13.8 Å². The average Bonchev–Trinajstić information content (AvgIpc) is 2.53. The lowest BCUT2D eigenvalue weighted by atomic mass is 9.91. The second kappa shape index (κ2) is 2.19. The van der Waals surface area contributed by atoms with Gasteiger partial charge in [-0.05, 0) is 12.8 Å². The normalized spacial score (nSPS) is 19.2. The number of hydrogen-bond acceptors (Lipinski definition) is 2. The van der Waals surface area contributed by atoms with Crippen molar-refractivity contribution in [3.05, 3.63) is 17.2 Å². The van der Waals surface area contributed by atoms with Crippen molar-refractivity contribution in [1.29, 1.82) is 0 Å². The van der Waals surface area contributed by atoms with Gasteiger partial charge in [-0.15, -0.1) is 0 Å². The molecule has 0 spiro atoms. The summed E-state index contributed by atoms with van der Waals surface area (Å²) in [5.41, 5.74) is 2.36. The molecule has 1 aliphatic rings. The summed E-state index contributed by atoms with van der Waals surface area (Å²) in [5, 5.41) is 0. The van der Waals surface area contributed by atoms with Crippen molar-refractivity contribution in [3.8, 4) is 0 Å². The summed E-state index contributed by atoms with van der Waals surface area (Å²) in [7, 11) is 0. The van der Waals surface area contributed by atoms with E-state index < -0.39 is 0 Å². The fourth-order valence-electron chi connectivity index (χ4n) is 1.78. The third-order valence-electron chi connectivity index (χ3n) is 2.55. The molecule has 0 aliphatic heterocycles. The number of carbonyl (C=O) groups excluding carboxylic acids is 1. The van der Waals surface area contributed by atoms with Crippen LogP contribution in [0.3, 0.4) is 0 Å². The highest BCUT2D eigenvalue weighted by Gasteiger charge is 2.33. The maximum atomic E-state index is 10.4. The van der Waals surface area contributed by atoms with Gasteiger partial charge in [-0.3, -0.25) is 4.79 Å². The lowest BCUT2D eigenvalue weighted by Crippen LogP contribution is -2.12. The summed E-state index contributed by atoms with van der Waals surface area (Å²) in [6.45, 7) is 4.32. The van der Waals surface area contributed by atoms with Gasteiger partial charge in [0.15, 0.2) is 12.1 Å². The third kappa shape index (κ3) is 0.891. The van der Waals surface area contributed by atoms with Gasteiger partial charge in [0.25, 0.3) is 0 Å². The van der Waals surface area contributed by atoms with E-state index in [9.17, 15) is 4.79 Å². The van der Waals surface area contributed by atoms with E-state index in [2.05, 4.69) is 23.8 Å². The summed E-state index contributed by atoms with van der Waals surface area (Å²) in [6.07, 6.45) is 2.91. The Bertz CT molecular complexity index is 325. The number of nitrogens with one attached hydrogen (secondary N) is 1. The third-order valence-corrected chi connectivity index (χ3v) is 2.55. The van der Waals surface area contributed by atoms with Gasteiger partial charge in [0.05, 0.1) is 5.69 Å². The molecule has 0 amide bonds. The second-order valence-corrected chi connectivity index (χ2v) is 3.95. The zero-order valence-electron chi connectivity index (χ0n) is 7.35. The van der Waals surface area contributed by atoms with Crippen LogP contribution in [0.4, 0.5) is 0 Å². The Labute approximate surface area is 71.2 Å². The fourth-order valence-corrected chi connectivity index (χ4v) is 1.78. The molecule has 0 unspecified atom stereocenters. The minimum Gasteiger partial charge on any atom is -0.339 e. The van der Waals surface area contributed by atoms with Crippen LogP contribution in [0.5, 0.6) is 0 Å². The first-order valence-electron chi connectivity index (χ1n) is 4.18. The molecule has 1 aliphatic carbocycles. The Kier molecular flexibility index (Phi) is 1.37. The predicted octanol–water partition coefficient (Wildman–Crippen LogP) is 1.45. The maximum Gasteiger partial charge on any atom is 0.185 e. The van der Waals surface area contributed by atoms with Crippen LogP contribution in [0.15, 0.2) is 0 Å². The van der Waals surface area contributed by atoms with Gasteiger partial charge < -0.3 is 4.98 Å². The Balaban J connectivity index is 2.51. The van der Waals surface area contributed by atoms with Gasteiger partial charge in [-0.25, -0.2) is 4.98 Å². The Hall–Kier alpha value is -1.12. The second-order valence-electron chi connectivity index (χ2n) is 3.95. The highest BCUT2D eigenvalue weighted by Crippen LogP contribution is 2.36. The molecule has 2 rings (SSSR count). The first-order chi connectivity index (χ1) is 5.63. The number of rotatable bonds is 1. The Morgan fingerprint density at radius 2 is 2.33 bits per heavy atom. The Morgan fingerprint density at radius 3 is 2.92 bits per heavy atom.